The Hall–Kier alpha value is -3.09. The van der Waals surface area contributed by atoms with E-state index in [0.29, 0.717) is 31.2 Å². The number of carbonyl (C=O) groups is 1. The van der Waals surface area contributed by atoms with Crippen molar-refractivity contribution in [2.45, 2.75) is 6.92 Å². The summed E-state index contributed by atoms with van der Waals surface area (Å²) in [7, 11) is 3.25. The van der Waals surface area contributed by atoms with Crippen LogP contribution in [0.3, 0.4) is 0 Å². The van der Waals surface area contributed by atoms with Crippen molar-refractivity contribution in [2.75, 3.05) is 57.2 Å². The summed E-state index contributed by atoms with van der Waals surface area (Å²) in [5, 5.41) is 2.95. The van der Waals surface area contributed by atoms with Crippen molar-refractivity contribution in [3.63, 3.8) is 0 Å². The molecule has 150 valence electrons. The van der Waals surface area contributed by atoms with Crippen LogP contribution in [0.1, 0.15) is 6.92 Å². The molecule has 3 rings (SSSR count). The van der Waals surface area contributed by atoms with Crippen molar-refractivity contribution in [2.24, 2.45) is 0 Å². The zero-order chi connectivity index (χ0) is 19.9. The molecule has 0 aromatic heterocycles. The zero-order valence-corrected chi connectivity index (χ0v) is 16.6. The number of rotatable bonds is 6. The minimum absolute atomic E-state index is 0.0869. The van der Waals surface area contributed by atoms with Crippen LogP contribution in [0.4, 0.5) is 16.2 Å². The number of amides is 2. The van der Waals surface area contributed by atoms with Gasteiger partial charge in [-0.1, -0.05) is 0 Å². The molecule has 1 heterocycles. The van der Waals surface area contributed by atoms with E-state index in [2.05, 4.69) is 10.2 Å². The van der Waals surface area contributed by atoms with Gasteiger partial charge in [-0.15, -0.1) is 0 Å². The number of methoxy groups -OCH3 is 2. The van der Waals surface area contributed by atoms with Crippen LogP contribution in [0, 0.1) is 0 Å². The van der Waals surface area contributed by atoms with Crippen LogP contribution in [-0.4, -0.2) is 57.9 Å². The van der Waals surface area contributed by atoms with Crippen molar-refractivity contribution in [3.8, 4) is 17.2 Å². The fourth-order valence-corrected chi connectivity index (χ4v) is 3.19. The third-order valence-electron chi connectivity index (χ3n) is 4.72. The fourth-order valence-electron chi connectivity index (χ4n) is 3.19. The van der Waals surface area contributed by atoms with Crippen molar-refractivity contribution in [3.05, 3.63) is 42.5 Å². The van der Waals surface area contributed by atoms with Gasteiger partial charge in [0.15, 0.2) is 11.5 Å². The maximum absolute atomic E-state index is 12.5. The van der Waals surface area contributed by atoms with Crippen LogP contribution in [0.5, 0.6) is 17.2 Å². The molecule has 0 spiro atoms. The molecule has 0 aliphatic carbocycles. The average molecular weight is 385 g/mol. The maximum Gasteiger partial charge on any atom is 0.321 e. The van der Waals surface area contributed by atoms with E-state index in [1.165, 1.54) is 0 Å². The van der Waals surface area contributed by atoms with E-state index in [0.717, 1.165) is 30.2 Å². The zero-order valence-electron chi connectivity index (χ0n) is 16.6. The number of piperazine rings is 1. The number of hydrogen-bond donors (Lipinski definition) is 1. The standard InChI is InChI=1S/C21H27N3O4/c1-4-28-18-8-5-16(6-9-18)22-21(25)24-13-11-23(12-14-24)17-7-10-19(26-2)20(15-17)27-3/h5-10,15H,4,11-14H2,1-3H3,(H,22,25). The smallest absolute Gasteiger partial charge is 0.321 e. The second-order valence-electron chi connectivity index (χ2n) is 6.40. The minimum Gasteiger partial charge on any atom is -0.494 e. The highest BCUT2D eigenvalue weighted by molar-refractivity contribution is 5.89. The number of nitrogens with zero attached hydrogens (tertiary/aromatic N) is 2. The lowest BCUT2D eigenvalue weighted by atomic mass is 10.2. The molecule has 7 heteroatoms. The molecule has 1 fully saturated rings. The van der Waals surface area contributed by atoms with Gasteiger partial charge in [-0.25, -0.2) is 4.79 Å². The molecular weight excluding hydrogens is 358 g/mol. The molecule has 7 nitrogen and oxygen atoms in total. The van der Waals surface area contributed by atoms with Crippen LogP contribution in [0.25, 0.3) is 0 Å². The Morgan fingerprint density at radius 1 is 0.964 bits per heavy atom. The lowest BCUT2D eigenvalue weighted by Crippen LogP contribution is -2.50. The van der Waals surface area contributed by atoms with E-state index < -0.39 is 0 Å². The first-order chi connectivity index (χ1) is 13.6. The molecule has 2 aromatic carbocycles. The maximum atomic E-state index is 12.5. The summed E-state index contributed by atoms with van der Waals surface area (Å²) in [5.41, 5.74) is 1.82. The number of carbonyl (C=O) groups excluding carboxylic acids is 1. The number of ether oxygens (including phenoxy) is 3. The Morgan fingerprint density at radius 3 is 2.25 bits per heavy atom. The first-order valence-electron chi connectivity index (χ1n) is 9.40. The molecule has 2 amide bonds. The molecule has 2 aromatic rings. The van der Waals surface area contributed by atoms with Gasteiger partial charge in [0.2, 0.25) is 0 Å². The van der Waals surface area contributed by atoms with E-state index in [9.17, 15) is 4.79 Å². The van der Waals surface area contributed by atoms with E-state index in [4.69, 9.17) is 14.2 Å². The van der Waals surface area contributed by atoms with Crippen molar-refractivity contribution >= 4 is 17.4 Å². The predicted molar refractivity (Wildman–Crippen MR) is 110 cm³/mol. The van der Waals surface area contributed by atoms with Crippen LogP contribution in [-0.2, 0) is 0 Å². The van der Waals surface area contributed by atoms with Gasteiger partial charge < -0.3 is 29.3 Å². The molecule has 1 aliphatic rings. The predicted octanol–water partition coefficient (Wildman–Crippen LogP) is 3.46. The number of anilines is 2. The van der Waals surface area contributed by atoms with E-state index >= 15 is 0 Å². The molecule has 0 radical (unpaired) electrons. The molecule has 28 heavy (non-hydrogen) atoms. The summed E-state index contributed by atoms with van der Waals surface area (Å²) in [5.74, 6) is 2.21. The van der Waals surface area contributed by atoms with E-state index in [1.54, 1.807) is 14.2 Å². The van der Waals surface area contributed by atoms with E-state index in [-0.39, 0.29) is 6.03 Å². The molecule has 0 atom stereocenters. The van der Waals surface area contributed by atoms with Crippen LogP contribution >= 0.6 is 0 Å². The fraction of sp³-hybridized carbons (Fsp3) is 0.381. The summed E-state index contributed by atoms with van der Waals surface area (Å²) in [4.78, 5) is 16.6. The largest absolute Gasteiger partial charge is 0.494 e. The second-order valence-corrected chi connectivity index (χ2v) is 6.40. The Bertz CT molecular complexity index is 787. The normalized spacial score (nSPS) is 13.8. The average Bonchev–Trinajstić information content (AvgIpc) is 2.75. The number of nitrogens with one attached hydrogen (secondary N) is 1. The molecule has 0 unspecified atom stereocenters. The number of hydrogen-bond acceptors (Lipinski definition) is 5. The summed E-state index contributed by atoms with van der Waals surface area (Å²) >= 11 is 0. The Kier molecular flexibility index (Phi) is 6.47. The van der Waals surface area contributed by atoms with Crippen molar-refractivity contribution in [1.82, 2.24) is 4.90 Å². The van der Waals surface area contributed by atoms with Gasteiger partial charge in [0.25, 0.3) is 0 Å². The summed E-state index contributed by atoms with van der Waals surface area (Å²) in [6.45, 7) is 5.38. The van der Waals surface area contributed by atoms with Gasteiger partial charge in [-0.3, -0.25) is 0 Å². The Morgan fingerprint density at radius 2 is 1.64 bits per heavy atom. The SMILES string of the molecule is CCOc1ccc(NC(=O)N2CCN(c3ccc(OC)c(OC)c3)CC2)cc1. The van der Waals surface area contributed by atoms with Crippen LogP contribution in [0.15, 0.2) is 42.5 Å². The molecule has 0 saturated carbocycles. The monoisotopic (exact) mass is 385 g/mol. The third-order valence-corrected chi connectivity index (χ3v) is 4.72. The molecule has 1 saturated heterocycles. The number of benzene rings is 2. The van der Waals surface area contributed by atoms with Crippen molar-refractivity contribution < 1.29 is 19.0 Å². The lowest BCUT2D eigenvalue weighted by Gasteiger charge is -2.36. The van der Waals surface area contributed by atoms with Crippen molar-refractivity contribution in [1.29, 1.82) is 0 Å². The third kappa shape index (κ3) is 4.60. The Labute approximate surface area is 165 Å². The topological polar surface area (TPSA) is 63.3 Å². The highest BCUT2D eigenvalue weighted by Gasteiger charge is 2.22. The summed E-state index contributed by atoms with van der Waals surface area (Å²) < 4.78 is 16.1. The van der Waals surface area contributed by atoms with Crippen LogP contribution < -0.4 is 24.4 Å². The Balaban J connectivity index is 1.55. The molecule has 0 bridgehead atoms. The van der Waals surface area contributed by atoms with Gasteiger partial charge in [-0.05, 0) is 43.3 Å². The lowest BCUT2D eigenvalue weighted by molar-refractivity contribution is 0.208. The molecular formula is C21H27N3O4. The summed E-state index contributed by atoms with van der Waals surface area (Å²) in [6, 6.07) is 13.2. The van der Waals surface area contributed by atoms with Gasteiger partial charge in [0.05, 0.1) is 20.8 Å². The first-order valence-corrected chi connectivity index (χ1v) is 9.40. The van der Waals surface area contributed by atoms with Gasteiger partial charge in [0, 0.05) is 43.6 Å². The highest BCUT2D eigenvalue weighted by atomic mass is 16.5. The van der Waals surface area contributed by atoms with Gasteiger partial charge in [0.1, 0.15) is 5.75 Å². The number of urea groups is 1. The van der Waals surface area contributed by atoms with Gasteiger partial charge in [-0.2, -0.15) is 0 Å². The molecule has 1 aliphatic heterocycles. The minimum atomic E-state index is -0.0869. The highest BCUT2D eigenvalue weighted by Crippen LogP contribution is 2.31. The second kappa shape index (κ2) is 9.21. The van der Waals surface area contributed by atoms with E-state index in [1.807, 2.05) is 54.3 Å². The quantitative estimate of drug-likeness (QED) is 0.825. The summed E-state index contributed by atoms with van der Waals surface area (Å²) in [6.07, 6.45) is 0. The molecule has 1 N–H and O–H groups in total. The first kappa shape index (κ1) is 19.7. The van der Waals surface area contributed by atoms with Crippen LogP contribution in [0.2, 0.25) is 0 Å². The van der Waals surface area contributed by atoms with Gasteiger partial charge >= 0.3 is 6.03 Å².